The highest BCUT2D eigenvalue weighted by molar-refractivity contribution is 5.96. The molecule has 3 rings (SSSR count). The Morgan fingerprint density at radius 2 is 2.09 bits per heavy atom. The van der Waals surface area contributed by atoms with E-state index in [1.165, 1.54) is 0 Å². The molecule has 116 valence electrons. The van der Waals surface area contributed by atoms with Crippen molar-refractivity contribution in [1.29, 1.82) is 0 Å². The van der Waals surface area contributed by atoms with Crippen LogP contribution in [0.2, 0.25) is 0 Å². The first kappa shape index (κ1) is 14.5. The maximum Gasteiger partial charge on any atom is 0.259 e. The van der Waals surface area contributed by atoms with Crippen molar-refractivity contribution in [1.82, 2.24) is 20.3 Å². The molecule has 7 nitrogen and oxygen atoms in total. The summed E-state index contributed by atoms with van der Waals surface area (Å²) in [5, 5.41) is 12.3. The monoisotopic (exact) mass is 301 g/mol. The third kappa shape index (κ3) is 2.43. The summed E-state index contributed by atoms with van der Waals surface area (Å²) in [7, 11) is 3.85. The fourth-order valence-corrected chi connectivity index (χ4v) is 2.66. The Kier molecular flexibility index (Phi) is 3.56. The van der Waals surface area contributed by atoms with E-state index in [4.69, 9.17) is 4.52 Å². The van der Waals surface area contributed by atoms with Gasteiger partial charge in [-0.15, -0.1) is 5.10 Å². The predicted octanol–water partition coefficient (Wildman–Crippen LogP) is 1.35. The molecule has 22 heavy (non-hydrogen) atoms. The summed E-state index contributed by atoms with van der Waals surface area (Å²) in [6, 6.07) is 2.00. The molecule has 7 heteroatoms. The zero-order valence-electron chi connectivity index (χ0n) is 13.3. The van der Waals surface area contributed by atoms with E-state index in [-0.39, 0.29) is 5.91 Å². The van der Waals surface area contributed by atoms with Gasteiger partial charge in [0.15, 0.2) is 5.82 Å². The quantitative estimate of drug-likeness (QED) is 0.833. The summed E-state index contributed by atoms with van der Waals surface area (Å²) in [5.41, 5.74) is 3.21. The van der Waals surface area contributed by atoms with Crippen LogP contribution in [0.5, 0.6) is 0 Å². The summed E-state index contributed by atoms with van der Waals surface area (Å²) in [6.07, 6.45) is 0.713. The Hall–Kier alpha value is -2.44. The second-order valence-electron chi connectivity index (χ2n) is 5.74. The number of amides is 1. The van der Waals surface area contributed by atoms with E-state index in [9.17, 15) is 4.79 Å². The van der Waals surface area contributed by atoms with Gasteiger partial charge in [-0.3, -0.25) is 4.79 Å². The second kappa shape index (κ2) is 5.40. The minimum absolute atomic E-state index is 0.0369. The normalized spacial score (nSPS) is 13.9. The molecule has 0 aromatic carbocycles. The first-order valence-electron chi connectivity index (χ1n) is 7.22. The van der Waals surface area contributed by atoms with E-state index in [1.54, 1.807) is 13.8 Å². The Labute approximate surface area is 128 Å². The van der Waals surface area contributed by atoms with Crippen molar-refractivity contribution >= 4 is 11.7 Å². The molecule has 0 fully saturated rings. The van der Waals surface area contributed by atoms with Gasteiger partial charge < -0.3 is 14.3 Å². The number of carbonyl (C=O) groups is 1. The minimum Gasteiger partial charge on any atom is -0.361 e. The van der Waals surface area contributed by atoms with E-state index in [0.29, 0.717) is 36.5 Å². The van der Waals surface area contributed by atoms with E-state index >= 15 is 0 Å². The minimum atomic E-state index is -0.0369. The molecule has 0 radical (unpaired) electrons. The van der Waals surface area contributed by atoms with Crippen LogP contribution in [0.1, 0.15) is 33.1 Å². The molecule has 1 amide bonds. The first-order chi connectivity index (χ1) is 10.5. The highest BCUT2D eigenvalue weighted by Gasteiger charge is 2.27. The van der Waals surface area contributed by atoms with Crippen LogP contribution < -0.4 is 4.90 Å². The van der Waals surface area contributed by atoms with E-state index in [1.807, 2.05) is 30.0 Å². The van der Waals surface area contributed by atoms with Crippen LogP contribution >= 0.6 is 0 Å². The van der Waals surface area contributed by atoms with Crippen molar-refractivity contribution in [2.45, 2.75) is 26.8 Å². The first-order valence-corrected chi connectivity index (χ1v) is 7.22. The zero-order valence-corrected chi connectivity index (χ0v) is 13.3. The van der Waals surface area contributed by atoms with Gasteiger partial charge in [-0.25, -0.2) is 0 Å². The molecule has 0 aliphatic carbocycles. The smallest absolute Gasteiger partial charge is 0.259 e. The number of hydrogen-bond acceptors (Lipinski definition) is 6. The van der Waals surface area contributed by atoms with Crippen molar-refractivity contribution in [3.63, 3.8) is 0 Å². The summed E-state index contributed by atoms with van der Waals surface area (Å²) in [5.74, 6) is 1.32. The number of carbonyl (C=O) groups excluding carboxylic acids is 1. The lowest BCUT2D eigenvalue weighted by Gasteiger charge is -2.28. The summed E-state index contributed by atoms with van der Waals surface area (Å²) in [4.78, 5) is 16.4. The van der Waals surface area contributed by atoms with Gasteiger partial charge in [-0.2, -0.15) is 5.10 Å². The van der Waals surface area contributed by atoms with Crippen LogP contribution in [-0.4, -0.2) is 46.8 Å². The van der Waals surface area contributed by atoms with Crippen molar-refractivity contribution in [3.05, 3.63) is 34.3 Å². The number of rotatable bonds is 2. The molecule has 0 saturated heterocycles. The third-order valence-corrected chi connectivity index (χ3v) is 3.92. The lowest BCUT2D eigenvalue weighted by Crippen LogP contribution is -2.37. The molecule has 0 atom stereocenters. The predicted molar refractivity (Wildman–Crippen MR) is 80.8 cm³/mol. The fourth-order valence-electron chi connectivity index (χ4n) is 2.66. The van der Waals surface area contributed by atoms with Crippen LogP contribution in [0.3, 0.4) is 0 Å². The molecular weight excluding hydrogens is 282 g/mol. The van der Waals surface area contributed by atoms with Gasteiger partial charge in [0.25, 0.3) is 5.91 Å². The highest BCUT2D eigenvalue weighted by atomic mass is 16.5. The van der Waals surface area contributed by atoms with Crippen molar-refractivity contribution < 1.29 is 9.32 Å². The average molecular weight is 301 g/mol. The third-order valence-electron chi connectivity index (χ3n) is 3.92. The molecule has 0 unspecified atom stereocenters. The van der Waals surface area contributed by atoms with Crippen molar-refractivity contribution in [2.24, 2.45) is 0 Å². The Bertz CT molecular complexity index is 703. The van der Waals surface area contributed by atoms with Gasteiger partial charge >= 0.3 is 0 Å². The van der Waals surface area contributed by atoms with E-state index < -0.39 is 0 Å². The van der Waals surface area contributed by atoms with Crippen LogP contribution in [0.15, 0.2) is 10.6 Å². The Morgan fingerprint density at radius 3 is 2.73 bits per heavy atom. The second-order valence-corrected chi connectivity index (χ2v) is 5.74. The number of aryl methyl sites for hydroxylation is 2. The summed E-state index contributed by atoms with van der Waals surface area (Å²) in [6.45, 7) is 4.72. The van der Waals surface area contributed by atoms with Crippen LogP contribution in [-0.2, 0) is 13.0 Å². The molecule has 1 aliphatic rings. The van der Waals surface area contributed by atoms with Gasteiger partial charge in [0.1, 0.15) is 11.3 Å². The van der Waals surface area contributed by atoms with E-state index in [0.717, 1.165) is 17.1 Å². The van der Waals surface area contributed by atoms with Crippen LogP contribution in [0.4, 0.5) is 5.82 Å². The fraction of sp³-hybridized carbons (Fsp3) is 0.467. The Morgan fingerprint density at radius 1 is 1.32 bits per heavy atom. The molecular formula is C15H19N5O2. The van der Waals surface area contributed by atoms with Crippen LogP contribution in [0, 0.1) is 13.8 Å². The molecule has 3 heterocycles. The molecule has 2 aromatic heterocycles. The van der Waals surface area contributed by atoms with Gasteiger partial charge in [-0.05, 0) is 25.5 Å². The number of nitrogens with zero attached hydrogens (tertiary/aromatic N) is 5. The number of hydrogen-bond donors (Lipinski definition) is 0. The van der Waals surface area contributed by atoms with E-state index in [2.05, 4.69) is 15.4 Å². The molecule has 0 bridgehead atoms. The van der Waals surface area contributed by atoms with Crippen molar-refractivity contribution in [2.75, 3.05) is 25.5 Å². The lowest BCUT2D eigenvalue weighted by atomic mass is 10.0. The largest absolute Gasteiger partial charge is 0.361 e. The number of anilines is 1. The maximum atomic E-state index is 12.7. The molecule has 1 aliphatic heterocycles. The highest BCUT2D eigenvalue weighted by Crippen LogP contribution is 2.23. The number of fused-ring (bicyclic) bond motifs is 1. The van der Waals surface area contributed by atoms with Gasteiger partial charge in [0.2, 0.25) is 0 Å². The van der Waals surface area contributed by atoms with Gasteiger partial charge in [0.05, 0.1) is 11.4 Å². The van der Waals surface area contributed by atoms with Gasteiger partial charge in [-0.1, -0.05) is 5.16 Å². The van der Waals surface area contributed by atoms with Gasteiger partial charge in [0, 0.05) is 33.6 Å². The maximum absolute atomic E-state index is 12.7. The van der Waals surface area contributed by atoms with Crippen molar-refractivity contribution in [3.8, 4) is 0 Å². The summed E-state index contributed by atoms with van der Waals surface area (Å²) < 4.78 is 5.10. The Balaban J connectivity index is 1.87. The van der Waals surface area contributed by atoms with Crippen LogP contribution in [0.25, 0.3) is 0 Å². The lowest BCUT2D eigenvalue weighted by molar-refractivity contribution is 0.0730. The molecule has 0 spiro atoms. The standard InChI is InChI=1S/C15H19N5O2/c1-9-14(10(2)22-18-9)15(21)20-6-5-12-11(8-20)7-13(17-16-12)19(3)4/h7H,5-6,8H2,1-4H3. The average Bonchev–Trinajstić information content (AvgIpc) is 2.84. The number of aromatic nitrogens is 3. The zero-order chi connectivity index (χ0) is 15.9. The summed E-state index contributed by atoms with van der Waals surface area (Å²) >= 11 is 0. The molecule has 0 saturated carbocycles. The topological polar surface area (TPSA) is 75.4 Å². The molecule has 2 aromatic rings. The molecule has 0 N–H and O–H groups in total. The SMILES string of the molecule is Cc1noc(C)c1C(=O)N1CCc2nnc(N(C)C)cc2C1.